The zero-order valence-corrected chi connectivity index (χ0v) is 14.3. The summed E-state index contributed by atoms with van der Waals surface area (Å²) in [4.78, 5) is 8.12. The van der Waals surface area contributed by atoms with Crippen LogP contribution in [-0.4, -0.2) is 31.3 Å². The van der Waals surface area contributed by atoms with Crippen molar-refractivity contribution in [2.75, 3.05) is 36.5 Å². The van der Waals surface area contributed by atoms with Gasteiger partial charge in [0.1, 0.15) is 5.82 Å². The predicted octanol–water partition coefficient (Wildman–Crippen LogP) is 3.92. The summed E-state index contributed by atoms with van der Waals surface area (Å²) in [6, 6.07) is 6.59. The van der Waals surface area contributed by atoms with Gasteiger partial charge in [0, 0.05) is 27.8 Å². The third-order valence-electron chi connectivity index (χ3n) is 3.48. The maximum absolute atomic E-state index is 5.36. The first kappa shape index (κ1) is 14.8. The molecule has 1 N–H and O–H groups in total. The summed E-state index contributed by atoms with van der Waals surface area (Å²) in [6.45, 7) is 5.56. The Hall–Kier alpha value is -1.11. The number of aromatic nitrogens is 1. The van der Waals surface area contributed by atoms with Gasteiger partial charge >= 0.3 is 0 Å². The van der Waals surface area contributed by atoms with Gasteiger partial charge in [-0.2, -0.15) is 0 Å². The minimum absolute atomic E-state index is 0.275. The van der Waals surface area contributed by atoms with Crippen LogP contribution < -0.4 is 10.2 Å². The first-order valence-electron chi connectivity index (χ1n) is 7.01. The number of anilines is 2. The van der Waals surface area contributed by atoms with Gasteiger partial charge in [0.05, 0.1) is 31.1 Å². The van der Waals surface area contributed by atoms with Gasteiger partial charge in [0.25, 0.3) is 0 Å². The highest BCUT2D eigenvalue weighted by Gasteiger charge is 2.13. The second kappa shape index (κ2) is 6.77. The van der Waals surface area contributed by atoms with E-state index >= 15 is 0 Å². The normalized spacial score (nSPS) is 16.8. The Labute approximate surface area is 137 Å². The molecule has 3 heterocycles. The lowest BCUT2D eigenvalue weighted by Crippen LogP contribution is -2.36. The molecule has 6 heteroatoms. The number of pyridine rings is 1. The quantitative estimate of drug-likeness (QED) is 0.888. The molecule has 0 radical (unpaired) electrons. The van der Waals surface area contributed by atoms with Gasteiger partial charge in [-0.1, -0.05) is 0 Å². The number of hydrogen-bond acceptors (Lipinski definition) is 5. The summed E-state index contributed by atoms with van der Waals surface area (Å²) in [5, 5.41) is 5.59. The number of thiophene rings is 1. The van der Waals surface area contributed by atoms with Crippen LogP contribution in [0.15, 0.2) is 34.2 Å². The first-order chi connectivity index (χ1) is 10.2. The Morgan fingerprint density at radius 3 is 2.81 bits per heavy atom. The van der Waals surface area contributed by atoms with Crippen LogP contribution in [0.2, 0.25) is 0 Å². The van der Waals surface area contributed by atoms with Gasteiger partial charge in [-0.3, -0.25) is 0 Å². The summed E-state index contributed by atoms with van der Waals surface area (Å²) >= 11 is 5.24. The van der Waals surface area contributed by atoms with Crippen molar-refractivity contribution in [1.82, 2.24) is 4.98 Å². The van der Waals surface area contributed by atoms with Gasteiger partial charge in [-0.15, -0.1) is 11.3 Å². The zero-order valence-electron chi connectivity index (χ0n) is 11.9. The monoisotopic (exact) mass is 367 g/mol. The minimum atomic E-state index is 0.275. The molecule has 1 fully saturated rings. The van der Waals surface area contributed by atoms with Crippen molar-refractivity contribution in [1.29, 1.82) is 0 Å². The summed E-state index contributed by atoms with van der Waals surface area (Å²) < 4.78 is 6.50. The minimum Gasteiger partial charge on any atom is -0.378 e. The van der Waals surface area contributed by atoms with Crippen molar-refractivity contribution >= 4 is 38.8 Å². The van der Waals surface area contributed by atoms with Gasteiger partial charge < -0.3 is 15.0 Å². The molecule has 1 unspecified atom stereocenters. The number of nitrogens with zero attached hydrogens (tertiary/aromatic N) is 2. The van der Waals surface area contributed by atoms with Crippen LogP contribution in [-0.2, 0) is 4.74 Å². The number of nitrogens with one attached hydrogen (secondary N) is 1. The van der Waals surface area contributed by atoms with Crippen molar-refractivity contribution in [3.63, 3.8) is 0 Å². The first-order valence-corrected chi connectivity index (χ1v) is 8.69. The molecule has 1 atom stereocenters. The fourth-order valence-corrected chi connectivity index (χ4v) is 3.78. The van der Waals surface area contributed by atoms with E-state index in [9.17, 15) is 0 Å². The van der Waals surface area contributed by atoms with Crippen molar-refractivity contribution in [2.45, 2.75) is 13.0 Å². The molecule has 1 aliphatic heterocycles. The number of hydrogen-bond donors (Lipinski definition) is 1. The molecule has 3 rings (SSSR count). The SMILES string of the molecule is CC(Nc1ccc(N2CCOCC2)nc1)c1cc(Br)cs1. The summed E-state index contributed by atoms with van der Waals surface area (Å²) in [5.74, 6) is 1.02. The number of halogens is 1. The topological polar surface area (TPSA) is 37.4 Å². The van der Waals surface area contributed by atoms with Crippen LogP contribution >= 0.6 is 27.3 Å². The molecule has 0 saturated carbocycles. The molecule has 0 bridgehead atoms. The molecule has 2 aromatic heterocycles. The summed E-state index contributed by atoms with van der Waals surface area (Å²) in [7, 11) is 0. The third-order valence-corrected chi connectivity index (χ3v) is 5.36. The van der Waals surface area contributed by atoms with E-state index in [1.54, 1.807) is 11.3 Å². The van der Waals surface area contributed by atoms with Crippen molar-refractivity contribution in [3.05, 3.63) is 39.1 Å². The lowest BCUT2D eigenvalue weighted by molar-refractivity contribution is 0.122. The van der Waals surface area contributed by atoms with Crippen LogP contribution in [0.3, 0.4) is 0 Å². The summed E-state index contributed by atoms with van der Waals surface area (Å²) in [6.07, 6.45) is 1.91. The highest BCUT2D eigenvalue weighted by atomic mass is 79.9. The molecule has 21 heavy (non-hydrogen) atoms. The molecular weight excluding hydrogens is 350 g/mol. The molecule has 0 aliphatic carbocycles. The number of rotatable bonds is 4. The lowest BCUT2D eigenvalue weighted by atomic mass is 10.2. The van der Waals surface area contributed by atoms with Crippen LogP contribution in [0.1, 0.15) is 17.8 Å². The van der Waals surface area contributed by atoms with E-state index in [0.717, 1.165) is 42.3 Å². The van der Waals surface area contributed by atoms with Gasteiger partial charge in [-0.05, 0) is 41.1 Å². The van der Waals surface area contributed by atoms with Crippen LogP contribution in [0, 0.1) is 0 Å². The maximum Gasteiger partial charge on any atom is 0.128 e. The Bertz CT molecular complexity index is 581. The van der Waals surface area contributed by atoms with Gasteiger partial charge in [-0.25, -0.2) is 4.98 Å². The Morgan fingerprint density at radius 2 is 2.19 bits per heavy atom. The Kier molecular flexibility index (Phi) is 4.77. The van der Waals surface area contributed by atoms with Gasteiger partial charge in [0.2, 0.25) is 0 Å². The second-order valence-corrected chi connectivity index (χ2v) is 6.90. The highest BCUT2D eigenvalue weighted by molar-refractivity contribution is 9.10. The van der Waals surface area contributed by atoms with E-state index in [1.165, 1.54) is 4.88 Å². The van der Waals surface area contributed by atoms with Crippen LogP contribution in [0.5, 0.6) is 0 Å². The molecule has 1 aliphatic rings. The van der Waals surface area contributed by atoms with Gasteiger partial charge in [0.15, 0.2) is 0 Å². The maximum atomic E-state index is 5.36. The summed E-state index contributed by atoms with van der Waals surface area (Å²) in [5.41, 5.74) is 1.05. The molecule has 2 aromatic rings. The number of morpholine rings is 1. The van der Waals surface area contributed by atoms with Crippen LogP contribution in [0.25, 0.3) is 0 Å². The average Bonchev–Trinajstić information content (AvgIpc) is 2.96. The molecule has 4 nitrogen and oxygen atoms in total. The molecule has 112 valence electrons. The lowest BCUT2D eigenvalue weighted by Gasteiger charge is -2.27. The van der Waals surface area contributed by atoms with E-state index in [-0.39, 0.29) is 6.04 Å². The fraction of sp³-hybridized carbons (Fsp3) is 0.400. The van der Waals surface area contributed by atoms with E-state index in [4.69, 9.17) is 4.74 Å². The third kappa shape index (κ3) is 3.75. The van der Waals surface area contributed by atoms with Crippen LogP contribution in [0.4, 0.5) is 11.5 Å². The zero-order chi connectivity index (χ0) is 14.7. The van der Waals surface area contributed by atoms with Crippen molar-refractivity contribution < 1.29 is 4.74 Å². The van der Waals surface area contributed by atoms with E-state index in [2.05, 4.69) is 61.6 Å². The smallest absolute Gasteiger partial charge is 0.128 e. The van der Waals surface area contributed by atoms with E-state index in [0.29, 0.717) is 0 Å². The number of ether oxygens (including phenoxy) is 1. The molecule has 0 amide bonds. The van der Waals surface area contributed by atoms with Crippen molar-refractivity contribution in [3.8, 4) is 0 Å². The average molecular weight is 368 g/mol. The second-order valence-electron chi connectivity index (χ2n) is 5.04. The predicted molar refractivity (Wildman–Crippen MR) is 91.3 cm³/mol. The molecule has 1 saturated heterocycles. The molecular formula is C15H18BrN3OS. The molecule has 0 spiro atoms. The van der Waals surface area contributed by atoms with E-state index < -0.39 is 0 Å². The molecule has 0 aromatic carbocycles. The fourth-order valence-electron chi connectivity index (χ4n) is 2.33. The standard InChI is InChI=1S/C15H18BrN3OS/c1-11(14-8-12(16)10-21-14)18-13-2-3-15(17-9-13)19-4-6-20-7-5-19/h2-3,8-11,18H,4-7H2,1H3. The highest BCUT2D eigenvalue weighted by Crippen LogP contribution is 2.28. The Morgan fingerprint density at radius 1 is 1.38 bits per heavy atom. The Balaban J connectivity index is 1.63. The largest absolute Gasteiger partial charge is 0.378 e. The van der Waals surface area contributed by atoms with E-state index in [1.807, 2.05) is 6.20 Å². The van der Waals surface area contributed by atoms with Crippen molar-refractivity contribution in [2.24, 2.45) is 0 Å².